The highest BCUT2D eigenvalue weighted by atomic mass is 32.2. The fraction of sp³-hybridized carbons (Fsp3) is 0.167. The molecule has 0 aliphatic rings. The molecule has 0 bridgehead atoms. The van der Waals surface area contributed by atoms with Crippen LogP contribution in [0.25, 0.3) is 11.3 Å². The molecular formula is C18H16FNO5S2. The van der Waals surface area contributed by atoms with Crippen molar-refractivity contribution in [3.8, 4) is 28.5 Å². The van der Waals surface area contributed by atoms with Gasteiger partial charge in [0.15, 0.2) is 23.1 Å². The van der Waals surface area contributed by atoms with E-state index in [9.17, 15) is 12.8 Å². The zero-order chi connectivity index (χ0) is 19.6. The van der Waals surface area contributed by atoms with Crippen LogP contribution >= 0.6 is 11.3 Å². The van der Waals surface area contributed by atoms with E-state index in [1.54, 1.807) is 11.4 Å². The van der Waals surface area contributed by atoms with Gasteiger partial charge in [0.05, 0.1) is 24.9 Å². The molecule has 9 heteroatoms. The molecule has 2 aromatic carbocycles. The molecule has 0 saturated heterocycles. The van der Waals surface area contributed by atoms with Crippen molar-refractivity contribution in [1.29, 1.82) is 0 Å². The summed E-state index contributed by atoms with van der Waals surface area (Å²) >= 11 is 1.44. The smallest absolute Gasteiger partial charge is 0.339 e. The van der Waals surface area contributed by atoms with Gasteiger partial charge in [0, 0.05) is 17.0 Å². The number of rotatable bonds is 6. The first-order valence-corrected chi connectivity index (χ1v) is 10.0. The lowest BCUT2D eigenvalue weighted by atomic mass is 10.1. The summed E-state index contributed by atoms with van der Waals surface area (Å²) in [6, 6.07) is 7.97. The van der Waals surface area contributed by atoms with E-state index < -0.39 is 21.7 Å². The molecule has 3 aromatic rings. The maximum Gasteiger partial charge on any atom is 0.339 e. The Labute approximate surface area is 160 Å². The first-order valence-electron chi connectivity index (χ1n) is 7.72. The van der Waals surface area contributed by atoms with Gasteiger partial charge in [0.1, 0.15) is 4.90 Å². The van der Waals surface area contributed by atoms with Crippen molar-refractivity contribution >= 4 is 21.5 Å². The second-order valence-corrected chi connectivity index (χ2v) is 8.06. The molecule has 1 heterocycles. The molecule has 0 atom stereocenters. The number of halogens is 1. The average Bonchev–Trinajstić information content (AvgIpc) is 3.09. The number of hydrogen-bond donors (Lipinski definition) is 0. The fourth-order valence-electron chi connectivity index (χ4n) is 2.36. The Balaban J connectivity index is 1.90. The Morgan fingerprint density at radius 1 is 1.00 bits per heavy atom. The van der Waals surface area contributed by atoms with Gasteiger partial charge in [-0.15, -0.1) is 11.3 Å². The minimum Gasteiger partial charge on any atom is -0.493 e. The highest BCUT2D eigenvalue weighted by Gasteiger charge is 2.21. The van der Waals surface area contributed by atoms with E-state index in [0.717, 1.165) is 5.01 Å². The Morgan fingerprint density at radius 2 is 1.70 bits per heavy atom. The fourth-order valence-corrected chi connectivity index (χ4v) is 3.94. The number of aromatic nitrogens is 1. The zero-order valence-corrected chi connectivity index (χ0v) is 16.4. The van der Waals surface area contributed by atoms with Crippen molar-refractivity contribution in [3.63, 3.8) is 0 Å². The maximum absolute atomic E-state index is 14.4. The van der Waals surface area contributed by atoms with Crippen LogP contribution in [-0.4, -0.2) is 27.6 Å². The van der Waals surface area contributed by atoms with Gasteiger partial charge in [-0.3, -0.25) is 0 Å². The monoisotopic (exact) mass is 409 g/mol. The molecule has 3 rings (SSSR count). The van der Waals surface area contributed by atoms with Crippen LogP contribution in [0.4, 0.5) is 4.39 Å². The number of benzene rings is 2. The lowest BCUT2D eigenvalue weighted by Crippen LogP contribution is -2.11. The summed E-state index contributed by atoms with van der Waals surface area (Å²) < 4.78 is 54.5. The van der Waals surface area contributed by atoms with Crippen LogP contribution in [-0.2, 0) is 10.1 Å². The van der Waals surface area contributed by atoms with Gasteiger partial charge >= 0.3 is 10.1 Å². The van der Waals surface area contributed by atoms with Crippen molar-refractivity contribution in [3.05, 3.63) is 52.6 Å². The third-order valence-electron chi connectivity index (χ3n) is 3.69. The largest absolute Gasteiger partial charge is 0.493 e. The van der Waals surface area contributed by atoms with Crippen LogP contribution in [0.1, 0.15) is 5.01 Å². The number of ether oxygens (including phenoxy) is 2. The van der Waals surface area contributed by atoms with Gasteiger partial charge < -0.3 is 13.7 Å². The third-order valence-corrected chi connectivity index (χ3v) is 5.69. The molecule has 142 valence electrons. The first kappa shape index (κ1) is 19.1. The zero-order valence-electron chi connectivity index (χ0n) is 14.7. The molecule has 0 spiro atoms. The number of nitrogens with zero attached hydrogens (tertiary/aromatic N) is 1. The van der Waals surface area contributed by atoms with Gasteiger partial charge in [-0.1, -0.05) is 0 Å². The SMILES string of the molecule is COc1ccc(S(=O)(=O)Oc2ccc(-c3csc(C)n3)cc2F)cc1OC. The minimum absolute atomic E-state index is 0.182. The number of hydrogen-bond acceptors (Lipinski definition) is 7. The van der Waals surface area contributed by atoms with Crippen molar-refractivity contribution in [2.75, 3.05) is 14.2 Å². The first-order chi connectivity index (χ1) is 12.8. The molecular weight excluding hydrogens is 393 g/mol. The normalized spacial score (nSPS) is 11.3. The molecule has 0 fully saturated rings. The van der Waals surface area contributed by atoms with Gasteiger partial charge in [0.25, 0.3) is 0 Å². The highest BCUT2D eigenvalue weighted by molar-refractivity contribution is 7.87. The molecule has 0 aliphatic heterocycles. The van der Waals surface area contributed by atoms with Gasteiger partial charge in [0.2, 0.25) is 0 Å². The van der Waals surface area contributed by atoms with Crippen molar-refractivity contribution in [1.82, 2.24) is 4.98 Å². The predicted octanol–water partition coefficient (Wildman–Crippen LogP) is 4.04. The Morgan fingerprint density at radius 3 is 2.30 bits per heavy atom. The van der Waals surface area contributed by atoms with Crippen LogP contribution in [0.15, 0.2) is 46.7 Å². The lowest BCUT2D eigenvalue weighted by Gasteiger charge is -2.11. The molecule has 0 aliphatic carbocycles. The molecule has 27 heavy (non-hydrogen) atoms. The molecule has 0 amide bonds. The number of aryl methyl sites for hydroxylation is 1. The van der Waals surface area contributed by atoms with Crippen LogP contribution in [0.2, 0.25) is 0 Å². The lowest BCUT2D eigenvalue weighted by molar-refractivity contribution is 0.353. The molecule has 0 saturated carbocycles. The summed E-state index contributed by atoms with van der Waals surface area (Å²) in [5.41, 5.74) is 1.15. The van der Waals surface area contributed by atoms with E-state index in [-0.39, 0.29) is 10.6 Å². The van der Waals surface area contributed by atoms with E-state index in [0.29, 0.717) is 17.0 Å². The summed E-state index contributed by atoms with van der Waals surface area (Å²) in [4.78, 5) is 4.09. The van der Waals surface area contributed by atoms with Gasteiger partial charge in [-0.25, -0.2) is 9.37 Å². The maximum atomic E-state index is 14.4. The van der Waals surface area contributed by atoms with E-state index in [1.807, 2.05) is 6.92 Å². The van der Waals surface area contributed by atoms with Crippen LogP contribution in [0, 0.1) is 12.7 Å². The second kappa shape index (κ2) is 7.53. The standard InChI is InChI=1S/C18H16FNO5S2/c1-11-20-15(10-26-11)12-4-6-16(14(19)8-12)25-27(21,22)13-5-7-17(23-2)18(9-13)24-3/h4-10H,1-3H3. The van der Waals surface area contributed by atoms with Crippen LogP contribution < -0.4 is 13.7 Å². The topological polar surface area (TPSA) is 74.7 Å². The molecule has 0 N–H and O–H groups in total. The third kappa shape index (κ3) is 4.04. The molecule has 0 unspecified atom stereocenters. The quantitative estimate of drug-likeness (QED) is 0.572. The van der Waals surface area contributed by atoms with Crippen molar-refractivity contribution in [2.45, 2.75) is 11.8 Å². The van der Waals surface area contributed by atoms with E-state index >= 15 is 0 Å². The van der Waals surface area contributed by atoms with Gasteiger partial charge in [-0.05, 0) is 37.3 Å². The Bertz CT molecular complexity index is 1080. The minimum atomic E-state index is -4.26. The summed E-state index contributed by atoms with van der Waals surface area (Å²) in [5, 5.41) is 2.65. The summed E-state index contributed by atoms with van der Waals surface area (Å²) in [7, 11) is -1.44. The highest BCUT2D eigenvalue weighted by Crippen LogP contribution is 2.32. The second-order valence-electron chi connectivity index (χ2n) is 5.45. The van der Waals surface area contributed by atoms with Gasteiger partial charge in [-0.2, -0.15) is 8.42 Å². The summed E-state index contributed by atoms with van der Waals surface area (Å²) in [5.74, 6) is -0.620. The Hall–Kier alpha value is -2.65. The summed E-state index contributed by atoms with van der Waals surface area (Å²) in [6.07, 6.45) is 0. The molecule has 0 radical (unpaired) electrons. The average molecular weight is 409 g/mol. The van der Waals surface area contributed by atoms with Crippen LogP contribution in [0.3, 0.4) is 0 Å². The summed E-state index contributed by atoms with van der Waals surface area (Å²) in [6.45, 7) is 1.84. The number of thiazole rings is 1. The molecule has 1 aromatic heterocycles. The molecule has 6 nitrogen and oxygen atoms in total. The Kier molecular flexibility index (Phi) is 5.33. The predicted molar refractivity (Wildman–Crippen MR) is 99.6 cm³/mol. The van der Waals surface area contributed by atoms with Crippen LogP contribution in [0.5, 0.6) is 17.2 Å². The van der Waals surface area contributed by atoms with Crippen molar-refractivity contribution in [2.24, 2.45) is 0 Å². The van der Waals surface area contributed by atoms with E-state index in [4.69, 9.17) is 13.7 Å². The number of methoxy groups -OCH3 is 2. The van der Waals surface area contributed by atoms with Crippen molar-refractivity contribution < 1.29 is 26.5 Å². The van der Waals surface area contributed by atoms with E-state index in [1.165, 1.54) is 55.9 Å². The van der Waals surface area contributed by atoms with E-state index in [2.05, 4.69) is 4.98 Å².